The molecule has 0 aromatic carbocycles. The van der Waals surface area contributed by atoms with Crippen molar-refractivity contribution in [2.45, 2.75) is 39.7 Å². The summed E-state index contributed by atoms with van der Waals surface area (Å²) in [5, 5.41) is 0. The highest BCUT2D eigenvalue weighted by Gasteiger charge is 2.51. The molecule has 6 heteroatoms. The summed E-state index contributed by atoms with van der Waals surface area (Å²) in [7, 11) is -1.63. The van der Waals surface area contributed by atoms with Gasteiger partial charge in [-0.15, -0.1) is 0 Å². The molecule has 0 aliphatic heterocycles. The summed E-state index contributed by atoms with van der Waals surface area (Å²) < 4.78 is 22.2. The maximum absolute atomic E-state index is 11.7. The zero-order chi connectivity index (χ0) is 14.9. The van der Waals surface area contributed by atoms with Crippen LogP contribution < -0.4 is 0 Å². The molecule has 0 radical (unpaired) electrons. The van der Waals surface area contributed by atoms with Gasteiger partial charge in [-0.05, 0) is 27.2 Å². The number of esters is 1. The minimum absolute atomic E-state index is 0.278. The van der Waals surface area contributed by atoms with Gasteiger partial charge in [0, 0.05) is 25.4 Å². The van der Waals surface area contributed by atoms with Crippen LogP contribution in [0.5, 0.6) is 0 Å². The molecule has 112 valence electrons. The van der Waals surface area contributed by atoms with Crippen LogP contribution in [0.15, 0.2) is 12.2 Å². The van der Waals surface area contributed by atoms with Crippen LogP contribution in [-0.4, -0.2) is 41.7 Å². The van der Waals surface area contributed by atoms with Gasteiger partial charge in [0.05, 0.1) is 12.7 Å². The second-order valence-electron chi connectivity index (χ2n) is 3.88. The van der Waals surface area contributed by atoms with Crippen molar-refractivity contribution in [3.63, 3.8) is 0 Å². The van der Waals surface area contributed by atoms with Crippen LogP contribution in [0.3, 0.4) is 0 Å². The van der Waals surface area contributed by atoms with Crippen molar-refractivity contribution in [3.05, 3.63) is 12.2 Å². The molecule has 0 fully saturated rings. The summed E-state index contributed by atoms with van der Waals surface area (Å²) in [5.41, 5.74) is 0.0758. The highest BCUT2D eigenvalue weighted by Crippen LogP contribution is 2.35. The predicted octanol–water partition coefficient (Wildman–Crippen LogP) is 2.54. The number of ether oxygens (including phenoxy) is 1. The Kier molecular flexibility index (Phi) is 8.91. The zero-order valence-electron chi connectivity index (χ0n) is 12.7. The third-order valence-corrected chi connectivity index (χ3v) is 6.42. The molecule has 0 saturated heterocycles. The maximum atomic E-state index is 11.7. The standard InChI is InChI=1S/C13H26O5Si/c1-7-12(11(5)13(14)15-6)19(16-8-2,17-9-3)18-10-4/h12H,5,7-10H2,1-4,6H3. The summed E-state index contributed by atoms with van der Waals surface area (Å²) >= 11 is 0. The number of rotatable bonds is 10. The van der Waals surface area contributed by atoms with E-state index < -0.39 is 14.8 Å². The highest BCUT2D eigenvalue weighted by atomic mass is 28.4. The van der Waals surface area contributed by atoms with Crippen molar-refractivity contribution in [1.29, 1.82) is 0 Å². The lowest BCUT2D eigenvalue weighted by molar-refractivity contribution is -0.136. The second kappa shape index (κ2) is 9.25. The van der Waals surface area contributed by atoms with Gasteiger partial charge in [0.15, 0.2) is 0 Å². The highest BCUT2D eigenvalue weighted by molar-refractivity contribution is 6.63. The zero-order valence-corrected chi connectivity index (χ0v) is 13.7. The number of methoxy groups -OCH3 is 1. The van der Waals surface area contributed by atoms with Crippen LogP contribution in [-0.2, 0) is 22.8 Å². The summed E-state index contributed by atoms with van der Waals surface area (Å²) in [6.07, 6.45) is 0.653. The van der Waals surface area contributed by atoms with Crippen molar-refractivity contribution in [1.82, 2.24) is 0 Å². The number of hydrogen-bond donors (Lipinski definition) is 0. The third kappa shape index (κ3) is 4.72. The van der Waals surface area contributed by atoms with E-state index in [0.29, 0.717) is 31.8 Å². The van der Waals surface area contributed by atoms with Crippen LogP contribution in [0, 0.1) is 0 Å². The smallest absolute Gasteiger partial charge is 0.466 e. The van der Waals surface area contributed by atoms with Gasteiger partial charge >= 0.3 is 14.8 Å². The van der Waals surface area contributed by atoms with Crippen molar-refractivity contribution in [3.8, 4) is 0 Å². The molecule has 0 aliphatic carbocycles. The van der Waals surface area contributed by atoms with E-state index in [1.54, 1.807) is 0 Å². The average molecular weight is 290 g/mol. The molecular formula is C13H26O5Si. The molecule has 0 rings (SSSR count). The summed E-state index contributed by atoms with van der Waals surface area (Å²) in [4.78, 5) is 11.7. The van der Waals surface area contributed by atoms with E-state index in [-0.39, 0.29) is 5.54 Å². The Balaban J connectivity index is 5.35. The molecule has 0 spiro atoms. The van der Waals surface area contributed by atoms with Crippen LogP contribution in [0.4, 0.5) is 0 Å². The van der Waals surface area contributed by atoms with Crippen molar-refractivity contribution >= 4 is 14.8 Å². The van der Waals surface area contributed by atoms with Crippen molar-refractivity contribution in [2.24, 2.45) is 0 Å². The topological polar surface area (TPSA) is 54.0 Å². The fourth-order valence-electron chi connectivity index (χ4n) is 2.01. The van der Waals surface area contributed by atoms with Crippen LogP contribution in [0.1, 0.15) is 34.1 Å². The van der Waals surface area contributed by atoms with Gasteiger partial charge in [-0.1, -0.05) is 13.5 Å². The van der Waals surface area contributed by atoms with E-state index in [1.165, 1.54) is 7.11 Å². The lowest BCUT2D eigenvalue weighted by Crippen LogP contribution is -2.51. The molecule has 19 heavy (non-hydrogen) atoms. The van der Waals surface area contributed by atoms with E-state index >= 15 is 0 Å². The fraction of sp³-hybridized carbons (Fsp3) is 0.769. The Morgan fingerprint density at radius 1 is 1.05 bits per heavy atom. The molecule has 0 aromatic rings. The summed E-state index contributed by atoms with van der Waals surface area (Å²) in [6.45, 7) is 12.8. The predicted molar refractivity (Wildman–Crippen MR) is 75.8 cm³/mol. The average Bonchev–Trinajstić information content (AvgIpc) is 2.39. The van der Waals surface area contributed by atoms with Gasteiger partial charge < -0.3 is 18.0 Å². The first kappa shape index (κ1) is 18.3. The molecular weight excluding hydrogens is 264 g/mol. The van der Waals surface area contributed by atoms with Crippen molar-refractivity contribution < 1.29 is 22.8 Å². The SMILES string of the molecule is C=C(C(=O)OC)C(CC)[Si](OCC)(OCC)OCC. The lowest BCUT2D eigenvalue weighted by atomic mass is 10.2. The van der Waals surface area contributed by atoms with Gasteiger partial charge in [0.2, 0.25) is 0 Å². The quantitative estimate of drug-likeness (QED) is 0.351. The monoisotopic (exact) mass is 290 g/mol. The molecule has 0 bridgehead atoms. The minimum atomic E-state index is -2.97. The molecule has 5 nitrogen and oxygen atoms in total. The Morgan fingerprint density at radius 2 is 1.47 bits per heavy atom. The molecule has 0 aliphatic rings. The van der Waals surface area contributed by atoms with Crippen LogP contribution in [0.25, 0.3) is 0 Å². The first-order valence-corrected chi connectivity index (χ1v) is 8.51. The van der Waals surface area contributed by atoms with Crippen molar-refractivity contribution in [2.75, 3.05) is 26.9 Å². The molecule has 0 amide bonds. The first-order valence-electron chi connectivity index (χ1n) is 6.71. The molecule has 0 N–H and O–H groups in total. The molecule has 1 unspecified atom stereocenters. The number of hydrogen-bond acceptors (Lipinski definition) is 5. The summed E-state index contributed by atoms with van der Waals surface area (Å²) in [5.74, 6) is -0.442. The summed E-state index contributed by atoms with van der Waals surface area (Å²) in [6, 6.07) is 0. The molecule has 0 saturated carbocycles. The van der Waals surface area contributed by atoms with Crippen LogP contribution in [0.2, 0.25) is 5.54 Å². The van der Waals surface area contributed by atoms with E-state index in [2.05, 4.69) is 6.58 Å². The molecule has 0 aromatic heterocycles. The van der Waals surface area contributed by atoms with Crippen LogP contribution >= 0.6 is 0 Å². The normalized spacial score (nSPS) is 13.1. The van der Waals surface area contributed by atoms with Gasteiger partial charge in [0.1, 0.15) is 0 Å². The van der Waals surface area contributed by atoms with E-state index in [4.69, 9.17) is 18.0 Å². The Labute approximate surface area is 117 Å². The minimum Gasteiger partial charge on any atom is -0.466 e. The molecule has 0 heterocycles. The largest absolute Gasteiger partial charge is 0.509 e. The van der Waals surface area contributed by atoms with E-state index in [9.17, 15) is 4.79 Å². The Morgan fingerprint density at radius 3 is 1.74 bits per heavy atom. The maximum Gasteiger partial charge on any atom is 0.509 e. The van der Waals surface area contributed by atoms with Gasteiger partial charge in [-0.2, -0.15) is 0 Å². The number of carbonyl (C=O) groups excluding carboxylic acids is 1. The Hall–Kier alpha value is -0.693. The Bertz CT molecular complexity index is 276. The van der Waals surface area contributed by atoms with Gasteiger partial charge in [-0.25, -0.2) is 4.79 Å². The van der Waals surface area contributed by atoms with E-state index in [0.717, 1.165) is 0 Å². The fourth-order valence-corrected chi connectivity index (χ4v) is 5.12. The second-order valence-corrected chi connectivity index (χ2v) is 6.65. The number of carbonyl (C=O) groups is 1. The molecule has 1 atom stereocenters. The van der Waals surface area contributed by atoms with Gasteiger partial charge in [0.25, 0.3) is 0 Å². The first-order chi connectivity index (χ1) is 9.02. The lowest BCUT2D eigenvalue weighted by Gasteiger charge is -2.35. The van der Waals surface area contributed by atoms with E-state index in [1.807, 2.05) is 27.7 Å². The van der Waals surface area contributed by atoms with Gasteiger partial charge in [-0.3, -0.25) is 0 Å². The third-order valence-electron chi connectivity index (χ3n) is 2.74.